The third-order valence-corrected chi connectivity index (χ3v) is 2.03. The van der Waals surface area contributed by atoms with Crippen LogP contribution in [0.25, 0.3) is 0 Å². The fourth-order valence-corrected chi connectivity index (χ4v) is 1.09. The molecule has 0 unspecified atom stereocenters. The van der Waals surface area contributed by atoms with E-state index in [9.17, 15) is 17.6 Å². The molecule has 5 heteroatoms. The Kier molecular flexibility index (Phi) is 2.09. The lowest BCUT2D eigenvalue weighted by Gasteiger charge is -2.21. The van der Waals surface area contributed by atoms with Crippen molar-refractivity contribution in [1.29, 1.82) is 0 Å². The Balaban J connectivity index is 2.60. The second-order valence-electron chi connectivity index (χ2n) is 2.93. The van der Waals surface area contributed by atoms with Gasteiger partial charge in [-0.3, -0.25) is 0 Å². The van der Waals surface area contributed by atoms with E-state index in [1.165, 1.54) is 0 Å². The largest absolute Gasteiger partial charge is 0.324 e. The van der Waals surface area contributed by atoms with Crippen LogP contribution in [0.2, 0.25) is 0 Å². The molecule has 1 aliphatic carbocycles. The van der Waals surface area contributed by atoms with Crippen molar-refractivity contribution in [1.82, 2.24) is 0 Å². The lowest BCUT2D eigenvalue weighted by Crippen LogP contribution is -2.41. The maximum absolute atomic E-state index is 11.9. The van der Waals surface area contributed by atoms with Crippen LogP contribution in [-0.2, 0) is 0 Å². The third-order valence-electron chi connectivity index (χ3n) is 2.03. The molecule has 1 aliphatic rings. The molecule has 0 amide bonds. The molecule has 1 saturated carbocycles. The van der Waals surface area contributed by atoms with Crippen molar-refractivity contribution in [3.05, 3.63) is 0 Å². The molecule has 0 heterocycles. The molecule has 0 spiro atoms. The van der Waals surface area contributed by atoms with Gasteiger partial charge in [0.15, 0.2) is 0 Å². The van der Waals surface area contributed by atoms with Crippen LogP contribution >= 0.6 is 0 Å². The topological polar surface area (TPSA) is 26.0 Å². The van der Waals surface area contributed by atoms with Gasteiger partial charge in [-0.2, -0.15) is 0 Å². The zero-order chi connectivity index (χ0) is 8.65. The number of alkyl halides is 4. The van der Waals surface area contributed by atoms with Gasteiger partial charge in [-0.25, -0.2) is 17.6 Å². The zero-order valence-corrected chi connectivity index (χ0v) is 5.74. The van der Waals surface area contributed by atoms with Gasteiger partial charge in [-0.15, -0.1) is 0 Å². The predicted octanol–water partition coefficient (Wildman–Crippen LogP) is 1.62. The highest BCUT2D eigenvalue weighted by Gasteiger charge is 2.54. The van der Waals surface area contributed by atoms with E-state index in [2.05, 4.69) is 0 Å². The minimum absolute atomic E-state index is 0.284. The highest BCUT2D eigenvalue weighted by atomic mass is 19.3. The second-order valence-corrected chi connectivity index (χ2v) is 2.93. The Morgan fingerprint density at radius 2 is 1.36 bits per heavy atom. The lowest BCUT2D eigenvalue weighted by molar-refractivity contribution is -0.0438. The first-order valence-corrected chi connectivity index (χ1v) is 3.32. The summed E-state index contributed by atoms with van der Waals surface area (Å²) in [6, 6.07) is 0. The van der Waals surface area contributed by atoms with Gasteiger partial charge in [-0.1, -0.05) is 0 Å². The van der Waals surface area contributed by atoms with Gasteiger partial charge in [0.1, 0.15) is 0 Å². The van der Waals surface area contributed by atoms with Crippen LogP contribution in [0.15, 0.2) is 0 Å². The van der Waals surface area contributed by atoms with Gasteiger partial charge in [0, 0.05) is 5.54 Å². The maximum Gasteiger partial charge on any atom is 0.248 e. The lowest BCUT2D eigenvalue weighted by atomic mass is 9.99. The van der Waals surface area contributed by atoms with Crippen molar-refractivity contribution < 1.29 is 17.6 Å². The molecule has 11 heavy (non-hydrogen) atoms. The molecule has 0 aliphatic heterocycles. The highest BCUT2D eigenvalue weighted by Crippen LogP contribution is 2.44. The molecule has 0 aromatic carbocycles. The summed E-state index contributed by atoms with van der Waals surface area (Å²) in [4.78, 5) is 0. The molecule has 0 saturated heterocycles. The number of nitrogens with two attached hydrogens (primary N) is 1. The number of hydrogen-bond donors (Lipinski definition) is 1. The van der Waals surface area contributed by atoms with E-state index >= 15 is 0 Å². The van der Waals surface area contributed by atoms with E-state index in [0.29, 0.717) is 0 Å². The number of hydrogen-bond acceptors (Lipinski definition) is 1. The Bertz CT molecular complexity index is 136. The first-order valence-electron chi connectivity index (χ1n) is 3.32. The second kappa shape index (κ2) is 2.62. The smallest absolute Gasteiger partial charge is 0.248 e. The SMILES string of the molecule is NC1(C(C(F)F)C(F)F)CC1. The summed E-state index contributed by atoms with van der Waals surface area (Å²) in [6.45, 7) is 0. The minimum Gasteiger partial charge on any atom is -0.324 e. The Morgan fingerprint density at radius 3 is 1.45 bits per heavy atom. The molecule has 0 aromatic rings. The molecule has 0 aromatic heterocycles. The summed E-state index contributed by atoms with van der Waals surface area (Å²) in [7, 11) is 0. The van der Waals surface area contributed by atoms with Gasteiger partial charge >= 0.3 is 0 Å². The summed E-state index contributed by atoms with van der Waals surface area (Å²) < 4.78 is 47.7. The van der Waals surface area contributed by atoms with Gasteiger partial charge < -0.3 is 5.73 Å². The van der Waals surface area contributed by atoms with Gasteiger partial charge in [0.05, 0.1) is 5.92 Å². The van der Waals surface area contributed by atoms with Crippen LogP contribution < -0.4 is 5.73 Å². The van der Waals surface area contributed by atoms with Crippen molar-refractivity contribution in [2.75, 3.05) is 0 Å². The highest BCUT2D eigenvalue weighted by molar-refractivity contribution is 5.05. The summed E-state index contributed by atoms with van der Waals surface area (Å²) in [5.41, 5.74) is 3.94. The molecule has 2 N–H and O–H groups in total. The Hall–Kier alpha value is -0.320. The van der Waals surface area contributed by atoms with Crippen LogP contribution in [0, 0.1) is 5.92 Å². The number of rotatable bonds is 3. The molecule has 0 atom stereocenters. The maximum atomic E-state index is 11.9. The van der Waals surface area contributed by atoms with Crippen LogP contribution in [0.5, 0.6) is 0 Å². The summed E-state index contributed by atoms with van der Waals surface area (Å²) in [5.74, 6) is -1.94. The van der Waals surface area contributed by atoms with Crippen LogP contribution in [0.3, 0.4) is 0 Å². The number of halogens is 4. The molecular weight excluding hydrogens is 162 g/mol. The summed E-state index contributed by atoms with van der Waals surface area (Å²) in [5, 5.41) is 0. The van der Waals surface area contributed by atoms with Gasteiger partial charge in [0.25, 0.3) is 0 Å². The van der Waals surface area contributed by atoms with Crippen molar-refractivity contribution in [2.24, 2.45) is 11.7 Å². The van der Waals surface area contributed by atoms with E-state index in [1.807, 2.05) is 0 Å². The normalized spacial score (nSPS) is 21.8. The monoisotopic (exact) mass is 171 g/mol. The van der Waals surface area contributed by atoms with E-state index in [4.69, 9.17) is 5.73 Å². The Morgan fingerprint density at radius 1 is 1.00 bits per heavy atom. The van der Waals surface area contributed by atoms with Crippen LogP contribution in [0.4, 0.5) is 17.6 Å². The molecule has 66 valence electrons. The van der Waals surface area contributed by atoms with Gasteiger partial charge in [0.2, 0.25) is 12.9 Å². The third kappa shape index (κ3) is 1.64. The quantitative estimate of drug-likeness (QED) is 0.641. The van der Waals surface area contributed by atoms with E-state index in [1.54, 1.807) is 0 Å². The van der Waals surface area contributed by atoms with Crippen molar-refractivity contribution in [3.63, 3.8) is 0 Å². The first-order chi connectivity index (χ1) is 4.97. The van der Waals surface area contributed by atoms with Crippen molar-refractivity contribution in [3.8, 4) is 0 Å². The summed E-state index contributed by atoms with van der Waals surface area (Å²) in [6.07, 6.45) is -5.46. The van der Waals surface area contributed by atoms with Crippen LogP contribution in [-0.4, -0.2) is 18.4 Å². The molecule has 1 nitrogen and oxygen atoms in total. The van der Waals surface area contributed by atoms with Crippen molar-refractivity contribution >= 4 is 0 Å². The Labute approximate surface area is 61.6 Å². The minimum atomic E-state index is -3.01. The fraction of sp³-hybridized carbons (Fsp3) is 1.00. The first kappa shape index (κ1) is 8.77. The molecule has 1 fully saturated rings. The molecular formula is C6H9F4N. The van der Waals surface area contributed by atoms with E-state index < -0.39 is 24.3 Å². The molecule has 0 bridgehead atoms. The van der Waals surface area contributed by atoms with E-state index in [-0.39, 0.29) is 12.8 Å². The predicted molar refractivity (Wildman–Crippen MR) is 31.7 cm³/mol. The average molecular weight is 171 g/mol. The summed E-state index contributed by atoms with van der Waals surface area (Å²) >= 11 is 0. The molecule has 0 radical (unpaired) electrons. The van der Waals surface area contributed by atoms with Crippen molar-refractivity contribution in [2.45, 2.75) is 31.2 Å². The van der Waals surface area contributed by atoms with E-state index in [0.717, 1.165) is 0 Å². The standard InChI is InChI=1S/C6H9F4N/c7-4(8)3(5(9)10)6(11)1-2-6/h3-5H,1-2,11H2. The average Bonchev–Trinajstić information content (AvgIpc) is 2.44. The van der Waals surface area contributed by atoms with Gasteiger partial charge in [-0.05, 0) is 12.8 Å². The molecule has 1 rings (SSSR count). The van der Waals surface area contributed by atoms with Crippen LogP contribution in [0.1, 0.15) is 12.8 Å². The zero-order valence-electron chi connectivity index (χ0n) is 5.74. The fourth-order valence-electron chi connectivity index (χ4n) is 1.09.